The first-order valence-corrected chi connectivity index (χ1v) is 45.3. The van der Waals surface area contributed by atoms with Gasteiger partial charge in [0.1, 0.15) is 91.4 Å². The van der Waals surface area contributed by atoms with E-state index in [4.69, 9.17) is 4.98 Å². The molecule has 2 heterocycles. The van der Waals surface area contributed by atoms with Crippen LogP contribution in [0.1, 0.15) is 81.0 Å². The monoisotopic (exact) mass is 2370 g/mol. The Hall–Kier alpha value is -4.60. The molecule has 0 spiro atoms. The predicted molar refractivity (Wildman–Crippen MR) is 473 cm³/mol. The van der Waals surface area contributed by atoms with Crippen molar-refractivity contribution in [2.45, 2.75) is 161 Å². The van der Waals surface area contributed by atoms with Gasteiger partial charge < -0.3 is 153 Å². The SMILES string of the molecule is O=C(CCC(C(=O)O)N1CCN(C(CCC(=O)Nc2c(Br)cc(Br)c(C(=O)N(CC(O)CO)CC(O)C(O)C(O)C(O)CO)c2Br)C(=O)O)Cc2cccc(n2)CN(C(CCC(=O)Nc2c(Br)cc(Br)c(C(=O)N(CC(O)CO)CC(O)C(O)C(O)C(O)CO)c2Br)C(=O)O)CC1)Nc1c(Br)cc(Br)c(C(=O)N(CC(O)CO)CC(O)C(O)C(O)C(O)CO)c1Br. The van der Waals surface area contributed by atoms with Gasteiger partial charge in [0.05, 0.1) is 117 Å². The number of aliphatic hydroxyl groups excluding tert-OH is 21. The quantitative estimate of drug-likeness (QED) is 0.0212. The Morgan fingerprint density at radius 3 is 0.817 bits per heavy atom. The molecule has 52 heteroatoms. The van der Waals surface area contributed by atoms with E-state index in [9.17, 15) is 166 Å². The van der Waals surface area contributed by atoms with E-state index in [0.717, 1.165) is 14.7 Å². The molecular weight excluding hydrogens is 2280 g/mol. The number of halogens is 9. The van der Waals surface area contributed by atoms with Crippen molar-refractivity contribution in [2.24, 2.45) is 0 Å². The number of benzene rings is 3. The molecule has 5 rings (SSSR count). The maximum absolute atomic E-state index is 14.5. The minimum atomic E-state index is -2.20. The van der Waals surface area contributed by atoms with Crippen LogP contribution in [0.15, 0.2) is 76.7 Å². The van der Waals surface area contributed by atoms with Gasteiger partial charge in [-0.1, -0.05) is 6.07 Å². The summed E-state index contributed by atoms with van der Waals surface area (Å²) in [5.74, 6) is -10.4. The van der Waals surface area contributed by atoms with Crippen molar-refractivity contribution in [1.82, 2.24) is 34.4 Å². The van der Waals surface area contributed by atoms with E-state index in [-0.39, 0.29) is 98.5 Å². The number of hydrogen-bond acceptors (Lipinski definition) is 34. The van der Waals surface area contributed by atoms with Gasteiger partial charge in [-0.15, -0.1) is 0 Å². The first-order valence-electron chi connectivity index (χ1n) is 38.2. The number of fused-ring (bicyclic) bond motifs is 2. The van der Waals surface area contributed by atoms with Crippen LogP contribution in [0.5, 0.6) is 0 Å². The van der Waals surface area contributed by atoms with Crippen molar-refractivity contribution in [3.05, 3.63) is 105 Å². The van der Waals surface area contributed by atoms with Crippen LogP contribution in [0.4, 0.5) is 17.1 Å². The van der Waals surface area contributed by atoms with Crippen LogP contribution in [-0.2, 0) is 41.9 Å². The molecule has 0 radical (unpaired) electrons. The first-order chi connectivity index (χ1) is 59.1. The van der Waals surface area contributed by atoms with Gasteiger partial charge in [-0.05, 0) is 193 Å². The average molecular weight is 2380 g/mol. The fraction of sp³-hybridized carbons (Fsp3) is 0.568. The number of anilines is 3. The third-order valence-corrected chi connectivity index (χ3v) is 26.1. The molecule has 1 aliphatic heterocycles. The molecule has 27 N–H and O–H groups in total. The van der Waals surface area contributed by atoms with Gasteiger partial charge in [-0.2, -0.15) is 0 Å². The molecule has 18 atom stereocenters. The van der Waals surface area contributed by atoms with E-state index >= 15 is 0 Å². The summed E-state index contributed by atoms with van der Waals surface area (Å²) in [6.45, 7) is -13.1. The Kier molecular flexibility index (Phi) is 47.4. The van der Waals surface area contributed by atoms with E-state index in [1.165, 1.54) is 51.1 Å². The molecule has 1 aliphatic rings. The van der Waals surface area contributed by atoms with Gasteiger partial charge in [-0.25, -0.2) is 0 Å². The molecule has 4 aromatic rings. The Balaban J connectivity index is 1.57. The molecule has 18 unspecified atom stereocenters. The second-order valence-corrected chi connectivity index (χ2v) is 36.7. The minimum absolute atomic E-state index is 0.00812. The second kappa shape index (κ2) is 53.3. The number of hydrogen-bond donors (Lipinski definition) is 27. The molecule has 706 valence electrons. The minimum Gasteiger partial charge on any atom is -0.480 e. The molecule has 2 bridgehead atoms. The number of carbonyl (C=O) groups excluding carboxylic acids is 6. The molecule has 3 aromatic carbocycles. The van der Waals surface area contributed by atoms with Gasteiger partial charge in [0.15, 0.2) is 0 Å². The number of carboxylic acids is 3. The summed E-state index contributed by atoms with van der Waals surface area (Å²) in [6, 6.07) is 3.36. The van der Waals surface area contributed by atoms with E-state index in [2.05, 4.69) is 159 Å². The topological polar surface area (TPSA) is 708 Å². The van der Waals surface area contributed by atoms with Crippen molar-refractivity contribution in [3.8, 4) is 0 Å². The van der Waals surface area contributed by atoms with E-state index in [0.29, 0.717) is 0 Å². The van der Waals surface area contributed by atoms with E-state index < -0.39 is 307 Å². The summed E-state index contributed by atoms with van der Waals surface area (Å²) in [4.78, 5) is 139. The molecule has 0 saturated heterocycles. The zero-order valence-electron chi connectivity index (χ0n) is 66.3. The zero-order valence-corrected chi connectivity index (χ0v) is 80.5. The summed E-state index contributed by atoms with van der Waals surface area (Å²) >= 11 is 29.9. The highest BCUT2D eigenvalue weighted by Gasteiger charge is 2.41. The number of aliphatic carboxylic acids is 3. The fourth-order valence-corrected chi connectivity index (χ4v) is 21.0. The standard InChI is InChI=1S/C74H99Br9N10O33/c75-36-14-39(78)60(57(81)54(36)69(118)91(19-33(100)25-94)22-45(103)63(112)66(115)48(106)28-97)85-51(109)7-4-42(72(121)122)88-10-12-89(43(73(123)124)5-8-52(110)86-61-40(79)15-37(76)55(58(61)82)70(119)92(20-34(101)26-95)23-46(104)64(113)67(116)49(107)29-98)17-31-2-1-3-32(84-31)18-90(13-11-88)44(74(125)126)6-9-53(111)87-62-41(80)16-38(77)56(59(62)83)71(120)93(21-35(102)27-96)24-47(105)65(114)68(117)50(108)30-99/h1-3,14-16,33-35,42-50,63-68,94-108,112-117H,4-13,17-30H2,(H,85,109)(H,86,110)(H,87,111)(H,121,122)(H,123,124)(H,125,126). The van der Waals surface area contributed by atoms with Crippen molar-refractivity contribution in [3.63, 3.8) is 0 Å². The Morgan fingerprint density at radius 1 is 0.341 bits per heavy atom. The van der Waals surface area contributed by atoms with Crippen molar-refractivity contribution >= 4 is 214 Å². The number of pyridine rings is 1. The maximum atomic E-state index is 14.5. The normalized spacial score (nSPS) is 17.5. The zero-order chi connectivity index (χ0) is 94.9. The summed E-state index contributed by atoms with van der Waals surface area (Å²) < 4.78 is -0.217. The molecule has 0 saturated carbocycles. The van der Waals surface area contributed by atoms with Gasteiger partial charge in [0, 0.05) is 125 Å². The number of rotatable bonds is 48. The van der Waals surface area contributed by atoms with Crippen LogP contribution < -0.4 is 16.0 Å². The van der Waals surface area contributed by atoms with Crippen LogP contribution in [0.25, 0.3) is 0 Å². The highest BCUT2D eigenvalue weighted by molar-refractivity contribution is 9.12. The average Bonchev–Trinajstić information content (AvgIpc) is 0.793. The number of nitrogens with zero attached hydrogens (tertiary/aromatic N) is 7. The van der Waals surface area contributed by atoms with E-state index in [1.807, 2.05) is 0 Å². The molecule has 126 heavy (non-hydrogen) atoms. The largest absolute Gasteiger partial charge is 0.480 e. The summed E-state index contributed by atoms with van der Waals surface area (Å²) in [6.07, 6.45) is -33.5. The van der Waals surface area contributed by atoms with Gasteiger partial charge in [-0.3, -0.25) is 62.8 Å². The molecule has 0 fully saturated rings. The Bertz CT molecular complexity index is 4190. The Morgan fingerprint density at radius 2 is 0.579 bits per heavy atom. The summed E-state index contributed by atoms with van der Waals surface area (Å²) in [7, 11) is 0. The van der Waals surface area contributed by atoms with E-state index in [1.54, 1.807) is 0 Å². The number of amides is 6. The lowest BCUT2D eigenvalue weighted by molar-refractivity contribution is -0.147. The number of carbonyl (C=O) groups is 9. The van der Waals surface area contributed by atoms with Gasteiger partial charge >= 0.3 is 17.9 Å². The molecular formula is C74H99Br9N10O33. The summed E-state index contributed by atoms with van der Waals surface area (Å²) in [5, 5.41) is 256. The van der Waals surface area contributed by atoms with Gasteiger partial charge in [0.2, 0.25) is 17.7 Å². The summed E-state index contributed by atoms with van der Waals surface area (Å²) in [5.41, 5.74) is -1.10. The van der Waals surface area contributed by atoms with Crippen LogP contribution in [0, 0.1) is 0 Å². The molecule has 0 aliphatic carbocycles. The highest BCUT2D eigenvalue weighted by Crippen LogP contribution is 2.43. The lowest BCUT2D eigenvalue weighted by atomic mass is 10.0. The lowest BCUT2D eigenvalue weighted by Crippen LogP contribution is -2.52. The Labute approximate surface area is 794 Å². The molecule has 6 amide bonds. The first kappa shape index (κ1) is 112. The highest BCUT2D eigenvalue weighted by atomic mass is 79.9. The van der Waals surface area contributed by atoms with Gasteiger partial charge in [0.25, 0.3) is 17.7 Å². The lowest BCUT2D eigenvalue weighted by Gasteiger charge is -2.37. The smallest absolute Gasteiger partial charge is 0.320 e. The number of aromatic nitrogens is 1. The second-order valence-electron chi connectivity index (χ2n) is 29.2. The molecule has 1 aromatic heterocycles. The van der Waals surface area contributed by atoms with Crippen LogP contribution >= 0.6 is 143 Å². The molecule has 43 nitrogen and oxygen atoms in total. The van der Waals surface area contributed by atoms with Crippen LogP contribution in [-0.4, -0.2) is 425 Å². The maximum Gasteiger partial charge on any atom is 0.320 e. The third kappa shape index (κ3) is 31.5. The van der Waals surface area contributed by atoms with Crippen LogP contribution in [0.3, 0.4) is 0 Å². The third-order valence-electron chi connectivity index (χ3n) is 20.0. The van der Waals surface area contributed by atoms with Crippen molar-refractivity contribution < 1.29 is 166 Å². The fourth-order valence-electron chi connectivity index (χ4n) is 13.1. The van der Waals surface area contributed by atoms with Crippen molar-refractivity contribution in [1.29, 1.82) is 0 Å². The number of carboxylic acid groups (broad SMARTS) is 3. The predicted octanol–water partition coefficient (Wildman–Crippen LogP) is -2.83. The van der Waals surface area contributed by atoms with Crippen molar-refractivity contribution in [2.75, 3.05) is 121 Å². The van der Waals surface area contributed by atoms with Crippen LogP contribution in [0.2, 0.25) is 0 Å². The number of aliphatic hydroxyl groups is 21. The number of nitrogens with one attached hydrogen (secondary N) is 3.